The van der Waals surface area contributed by atoms with Crippen molar-refractivity contribution in [3.8, 4) is 0 Å². The Bertz CT molecular complexity index is 719. The van der Waals surface area contributed by atoms with Gasteiger partial charge in [0.25, 0.3) is 0 Å². The first kappa shape index (κ1) is 15.9. The first-order valence-corrected chi connectivity index (χ1v) is 9.24. The predicted molar refractivity (Wildman–Crippen MR) is 86.6 cm³/mol. The maximum absolute atomic E-state index is 12.4. The SMILES string of the molecule is CCCS(=O)(=O)[C@H](C)C(=O)N(C)c1nc2ccccc2s1. The van der Waals surface area contributed by atoms with Crippen LogP contribution in [0.2, 0.25) is 0 Å². The lowest BCUT2D eigenvalue weighted by Gasteiger charge is -2.18. The van der Waals surface area contributed by atoms with Crippen LogP contribution in [0.4, 0.5) is 5.13 Å². The molecular weight excluding hydrogens is 308 g/mol. The third kappa shape index (κ3) is 3.24. The van der Waals surface area contributed by atoms with Gasteiger partial charge in [-0.15, -0.1) is 0 Å². The van der Waals surface area contributed by atoms with Crippen molar-refractivity contribution in [1.82, 2.24) is 4.98 Å². The average molecular weight is 326 g/mol. The summed E-state index contributed by atoms with van der Waals surface area (Å²) >= 11 is 1.37. The Kier molecular flexibility index (Phi) is 4.63. The molecule has 0 aliphatic heterocycles. The number of amides is 1. The third-order valence-electron chi connectivity index (χ3n) is 3.28. The number of sulfone groups is 1. The fourth-order valence-corrected chi connectivity index (χ4v) is 4.31. The molecular formula is C14H18N2O3S2. The molecule has 0 bridgehead atoms. The molecule has 1 aromatic carbocycles. The van der Waals surface area contributed by atoms with Crippen molar-refractivity contribution in [3.63, 3.8) is 0 Å². The quantitative estimate of drug-likeness (QED) is 0.846. The lowest BCUT2D eigenvalue weighted by atomic mass is 10.3. The summed E-state index contributed by atoms with van der Waals surface area (Å²) in [5.74, 6) is -0.421. The zero-order chi connectivity index (χ0) is 15.6. The van der Waals surface area contributed by atoms with E-state index in [4.69, 9.17) is 0 Å². The van der Waals surface area contributed by atoms with Crippen LogP contribution in [0.15, 0.2) is 24.3 Å². The molecule has 1 aromatic heterocycles. The van der Waals surface area contributed by atoms with E-state index >= 15 is 0 Å². The van der Waals surface area contributed by atoms with E-state index in [-0.39, 0.29) is 5.75 Å². The number of hydrogen-bond acceptors (Lipinski definition) is 5. The van der Waals surface area contributed by atoms with E-state index < -0.39 is 21.0 Å². The second-order valence-electron chi connectivity index (χ2n) is 4.87. The van der Waals surface area contributed by atoms with Crippen LogP contribution in [-0.4, -0.2) is 37.4 Å². The molecule has 1 atom stereocenters. The maximum atomic E-state index is 12.4. The smallest absolute Gasteiger partial charge is 0.246 e. The average Bonchev–Trinajstić information content (AvgIpc) is 2.88. The van der Waals surface area contributed by atoms with Gasteiger partial charge >= 0.3 is 0 Å². The molecule has 0 radical (unpaired) electrons. The molecule has 2 aromatic rings. The standard InChI is InChI=1S/C14H18N2O3S2/c1-4-9-21(18,19)10(2)13(17)16(3)14-15-11-7-5-6-8-12(11)20-14/h5-8,10H,4,9H2,1-3H3/t10-/m1/s1. The van der Waals surface area contributed by atoms with Gasteiger partial charge in [-0.05, 0) is 25.5 Å². The number of carbonyl (C=O) groups is 1. The van der Waals surface area contributed by atoms with E-state index in [2.05, 4.69) is 4.98 Å². The van der Waals surface area contributed by atoms with E-state index in [1.165, 1.54) is 23.2 Å². The fourth-order valence-electron chi connectivity index (χ4n) is 1.99. The normalized spacial score (nSPS) is 13.3. The van der Waals surface area contributed by atoms with Gasteiger partial charge in [-0.1, -0.05) is 30.4 Å². The highest BCUT2D eigenvalue weighted by molar-refractivity contribution is 7.92. The van der Waals surface area contributed by atoms with Gasteiger partial charge in [0.05, 0.1) is 16.0 Å². The Morgan fingerprint density at radius 1 is 1.38 bits per heavy atom. The topological polar surface area (TPSA) is 67.3 Å². The summed E-state index contributed by atoms with van der Waals surface area (Å²) in [7, 11) is -1.84. The summed E-state index contributed by atoms with van der Waals surface area (Å²) in [6, 6.07) is 7.57. The number of thiazole rings is 1. The molecule has 114 valence electrons. The molecule has 21 heavy (non-hydrogen) atoms. The monoisotopic (exact) mass is 326 g/mol. The number of hydrogen-bond donors (Lipinski definition) is 0. The van der Waals surface area contributed by atoms with Crippen LogP contribution in [-0.2, 0) is 14.6 Å². The Balaban J connectivity index is 2.26. The summed E-state index contributed by atoms with van der Waals surface area (Å²) in [4.78, 5) is 18.1. The van der Waals surface area contributed by atoms with Crippen molar-refractivity contribution in [2.45, 2.75) is 25.5 Å². The highest BCUT2D eigenvalue weighted by Gasteiger charge is 2.31. The number of rotatable bonds is 5. The lowest BCUT2D eigenvalue weighted by molar-refractivity contribution is -0.117. The van der Waals surface area contributed by atoms with E-state index in [0.717, 1.165) is 10.2 Å². The van der Waals surface area contributed by atoms with Gasteiger partial charge in [0.2, 0.25) is 5.91 Å². The van der Waals surface area contributed by atoms with Gasteiger partial charge in [0, 0.05) is 7.05 Å². The summed E-state index contributed by atoms with van der Waals surface area (Å²) in [5.41, 5.74) is 0.807. The van der Waals surface area contributed by atoms with Crippen LogP contribution in [0, 0.1) is 0 Å². The van der Waals surface area contributed by atoms with Crippen LogP contribution < -0.4 is 4.90 Å². The van der Waals surface area contributed by atoms with Crippen LogP contribution in [0.5, 0.6) is 0 Å². The Labute approximate surface area is 128 Å². The number of fused-ring (bicyclic) bond motifs is 1. The van der Waals surface area contributed by atoms with Crippen LogP contribution in [0.1, 0.15) is 20.3 Å². The predicted octanol–water partition coefficient (Wildman–Crippen LogP) is 2.47. The summed E-state index contributed by atoms with van der Waals surface area (Å²) in [5, 5.41) is -0.533. The molecule has 5 nitrogen and oxygen atoms in total. The maximum Gasteiger partial charge on any atom is 0.246 e. The molecule has 1 heterocycles. The number of carbonyl (C=O) groups excluding carboxylic acids is 1. The van der Waals surface area contributed by atoms with E-state index in [9.17, 15) is 13.2 Å². The van der Waals surface area contributed by atoms with Gasteiger partial charge in [-0.25, -0.2) is 13.4 Å². The molecule has 0 aliphatic carbocycles. The number of anilines is 1. The largest absolute Gasteiger partial charge is 0.290 e. The first-order valence-electron chi connectivity index (χ1n) is 6.71. The summed E-state index contributed by atoms with van der Waals surface area (Å²) < 4.78 is 25.0. The van der Waals surface area contributed by atoms with Crippen molar-refractivity contribution in [1.29, 1.82) is 0 Å². The molecule has 0 saturated carbocycles. The molecule has 0 spiro atoms. The third-order valence-corrected chi connectivity index (χ3v) is 6.64. The highest BCUT2D eigenvalue weighted by atomic mass is 32.2. The van der Waals surface area contributed by atoms with E-state index in [0.29, 0.717) is 11.6 Å². The Morgan fingerprint density at radius 3 is 2.67 bits per heavy atom. The molecule has 2 rings (SSSR count). The molecule has 0 aliphatic rings. The van der Waals surface area contributed by atoms with E-state index in [1.807, 2.05) is 24.3 Å². The van der Waals surface area contributed by atoms with Gasteiger partial charge in [-0.3, -0.25) is 9.69 Å². The molecule has 0 saturated heterocycles. The summed E-state index contributed by atoms with van der Waals surface area (Å²) in [6.07, 6.45) is 0.505. The number of nitrogens with zero attached hydrogens (tertiary/aromatic N) is 2. The van der Waals surface area contributed by atoms with Crippen molar-refractivity contribution in [2.24, 2.45) is 0 Å². The zero-order valence-electron chi connectivity index (χ0n) is 12.2. The molecule has 0 fully saturated rings. The zero-order valence-corrected chi connectivity index (χ0v) is 13.9. The molecule has 7 heteroatoms. The van der Waals surface area contributed by atoms with Crippen LogP contribution in [0.3, 0.4) is 0 Å². The number of aromatic nitrogens is 1. The first-order chi connectivity index (χ1) is 9.86. The summed E-state index contributed by atoms with van der Waals surface area (Å²) in [6.45, 7) is 3.23. The van der Waals surface area contributed by atoms with Crippen molar-refractivity contribution in [3.05, 3.63) is 24.3 Å². The Hall–Kier alpha value is -1.47. The van der Waals surface area contributed by atoms with Crippen molar-refractivity contribution < 1.29 is 13.2 Å². The number of para-hydroxylation sites is 1. The second-order valence-corrected chi connectivity index (χ2v) is 8.32. The van der Waals surface area contributed by atoms with Crippen molar-refractivity contribution >= 4 is 42.4 Å². The van der Waals surface area contributed by atoms with Crippen LogP contribution >= 0.6 is 11.3 Å². The molecule has 1 amide bonds. The lowest BCUT2D eigenvalue weighted by Crippen LogP contribution is -2.40. The Morgan fingerprint density at radius 2 is 2.05 bits per heavy atom. The van der Waals surface area contributed by atoms with Gasteiger partial charge in [0.15, 0.2) is 15.0 Å². The van der Waals surface area contributed by atoms with E-state index in [1.54, 1.807) is 14.0 Å². The second kappa shape index (κ2) is 6.11. The minimum absolute atomic E-state index is 0.0214. The van der Waals surface area contributed by atoms with Crippen LogP contribution in [0.25, 0.3) is 10.2 Å². The minimum atomic E-state index is -3.41. The van der Waals surface area contributed by atoms with Gasteiger partial charge in [0.1, 0.15) is 5.25 Å². The van der Waals surface area contributed by atoms with Gasteiger partial charge in [-0.2, -0.15) is 0 Å². The van der Waals surface area contributed by atoms with Gasteiger partial charge < -0.3 is 0 Å². The highest BCUT2D eigenvalue weighted by Crippen LogP contribution is 2.28. The molecule has 0 N–H and O–H groups in total. The van der Waals surface area contributed by atoms with Crippen molar-refractivity contribution in [2.75, 3.05) is 17.7 Å². The molecule has 0 unspecified atom stereocenters. The minimum Gasteiger partial charge on any atom is -0.290 e. The fraction of sp³-hybridized carbons (Fsp3) is 0.429. The number of benzene rings is 1.